The van der Waals surface area contributed by atoms with Crippen molar-refractivity contribution in [2.45, 2.75) is 66.8 Å². The van der Waals surface area contributed by atoms with Crippen molar-refractivity contribution in [2.75, 3.05) is 7.05 Å². The highest BCUT2D eigenvalue weighted by Crippen LogP contribution is 2.30. The SMILES string of the molecule is CCC(C)[C@@H](C(C)CCC(C)C)C(C)NC. The molecule has 0 radical (unpaired) electrons. The van der Waals surface area contributed by atoms with Gasteiger partial charge in [-0.2, -0.15) is 0 Å². The van der Waals surface area contributed by atoms with Crippen LogP contribution in [-0.2, 0) is 0 Å². The molecule has 0 fully saturated rings. The van der Waals surface area contributed by atoms with Crippen LogP contribution in [0.5, 0.6) is 0 Å². The van der Waals surface area contributed by atoms with Gasteiger partial charge in [0.25, 0.3) is 0 Å². The summed E-state index contributed by atoms with van der Waals surface area (Å²) in [6.45, 7) is 14.1. The number of nitrogens with one attached hydrogen (secondary N) is 1. The van der Waals surface area contributed by atoms with Crippen molar-refractivity contribution in [1.82, 2.24) is 5.32 Å². The van der Waals surface area contributed by atoms with Gasteiger partial charge in [-0.1, -0.05) is 53.9 Å². The Kier molecular flexibility index (Phi) is 8.09. The van der Waals surface area contributed by atoms with Crippen molar-refractivity contribution >= 4 is 0 Å². The second-order valence-corrected chi connectivity index (χ2v) is 5.99. The molecule has 0 heterocycles. The third-order valence-electron chi connectivity index (χ3n) is 4.19. The summed E-state index contributed by atoms with van der Waals surface area (Å²) < 4.78 is 0. The van der Waals surface area contributed by atoms with E-state index in [2.05, 4.69) is 53.9 Å². The van der Waals surface area contributed by atoms with Gasteiger partial charge in [0.2, 0.25) is 0 Å². The highest BCUT2D eigenvalue weighted by Gasteiger charge is 2.26. The number of rotatable bonds is 8. The van der Waals surface area contributed by atoms with Crippen molar-refractivity contribution in [3.05, 3.63) is 0 Å². The molecule has 1 nitrogen and oxygen atoms in total. The Morgan fingerprint density at radius 2 is 1.44 bits per heavy atom. The van der Waals surface area contributed by atoms with Crippen LogP contribution < -0.4 is 5.32 Å². The van der Waals surface area contributed by atoms with Crippen molar-refractivity contribution in [3.8, 4) is 0 Å². The molecule has 1 N–H and O–H groups in total. The number of hydrogen-bond acceptors (Lipinski definition) is 1. The molecule has 0 rings (SSSR count). The molecule has 0 amide bonds. The summed E-state index contributed by atoms with van der Waals surface area (Å²) in [7, 11) is 2.09. The first kappa shape index (κ1) is 16.0. The monoisotopic (exact) mass is 227 g/mol. The van der Waals surface area contributed by atoms with E-state index >= 15 is 0 Å². The summed E-state index contributed by atoms with van der Waals surface area (Å²) in [5, 5.41) is 3.45. The topological polar surface area (TPSA) is 12.0 Å². The van der Waals surface area contributed by atoms with Gasteiger partial charge in [-0.05, 0) is 37.6 Å². The Morgan fingerprint density at radius 3 is 1.81 bits per heavy atom. The highest BCUT2D eigenvalue weighted by molar-refractivity contribution is 4.80. The summed E-state index contributed by atoms with van der Waals surface area (Å²) in [6.07, 6.45) is 4.03. The molecule has 0 aromatic rings. The van der Waals surface area contributed by atoms with Crippen LogP contribution in [0.25, 0.3) is 0 Å². The minimum Gasteiger partial charge on any atom is -0.317 e. The lowest BCUT2D eigenvalue weighted by molar-refractivity contribution is 0.182. The van der Waals surface area contributed by atoms with Crippen LogP contribution in [0.1, 0.15) is 60.8 Å². The zero-order valence-electron chi connectivity index (χ0n) is 12.5. The summed E-state index contributed by atoms with van der Waals surface area (Å²) in [5.74, 6) is 3.31. The van der Waals surface area contributed by atoms with Crippen LogP contribution in [0, 0.1) is 23.7 Å². The van der Waals surface area contributed by atoms with E-state index in [1.165, 1.54) is 19.3 Å². The number of hydrogen-bond donors (Lipinski definition) is 1. The zero-order chi connectivity index (χ0) is 12.7. The average Bonchev–Trinajstić information content (AvgIpc) is 2.25. The third-order valence-corrected chi connectivity index (χ3v) is 4.19. The van der Waals surface area contributed by atoms with E-state index in [-0.39, 0.29) is 0 Å². The molecule has 0 bridgehead atoms. The van der Waals surface area contributed by atoms with Crippen LogP contribution in [0.3, 0.4) is 0 Å². The van der Waals surface area contributed by atoms with Crippen LogP contribution >= 0.6 is 0 Å². The van der Waals surface area contributed by atoms with Crippen molar-refractivity contribution in [1.29, 1.82) is 0 Å². The maximum atomic E-state index is 3.45. The van der Waals surface area contributed by atoms with Gasteiger partial charge in [0, 0.05) is 6.04 Å². The summed E-state index contributed by atoms with van der Waals surface area (Å²) in [6, 6.07) is 0.636. The Labute approximate surface area is 103 Å². The fourth-order valence-electron chi connectivity index (χ4n) is 2.80. The smallest absolute Gasteiger partial charge is 0.00690 e. The Morgan fingerprint density at radius 1 is 0.875 bits per heavy atom. The molecule has 1 heteroatoms. The molecule has 0 aromatic carbocycles. The lowest BCUT2D eigenvalue weighted by Crippen LogP contribution is -2.38. The molecule has 0 saturated heterocycles. The molecule has 4 atom stereocenters. The molecule has 0 aliphatic carbocycles. The molecule has 0 aliphatic rings. The van der Waals surface area contributed by atoms with Crippen LogP contribution in [0.2, 0.25) is 0 Å². The summed E-state index contributed by atoms with van der Waals surface area (Å²) in [4.78, 5) is 0. The molecular weight excluding hydrogens is 194 g/mol. The fraction of sp³-hybridized carbons (Fsp3) is 1.00. The first-order valence-electron chi connectivity index (χ1n) is 7.11. The normalized spacial score (nSPS) is 19.5. The minimum absolute atomic E-state index is 0.636. The second kappa shape index (κ2) is 8.11. The van der Waals surface area contributed by atoms with Gasteiger partial charge >= 0.3 is 0 Å². The molecule has 0 aliphatic heterocycles. The van der Waals surface area contributed by atoms with E-state index in [4.69, 9.17) is 0 Å². The van der Waals surface area contributed by atoms with E-state index in [1.54, 1.807) is 0 Å². The van der Waals surface area contributed by atoms with Crippen LogP contribution in [0.4, 0.5) is 0 Å². The van der Waals surface area contributed by atoms with E-state index in [9.17, 15) is 0 Å². The second-order valence-electron chi connectivity index (χ2n) is 5.99. The largest absolute Gasteiger partial charge is 0.317 e. The highest BCUT2D eigenvalue weighted by atomic mass is 14.9. The van der Waals surface area contributed by atoms with Gasteiger partial charge in [0.15, 0.2) is 0 Å². The van der Waals surface area contributed by atoms with Gasteiger partial charge in [-0.25, -0.2) is 0 Å². The van der Waals surface area contributed by atoms with Crippen LogP contribution in [0.15, 0.2) is 0 Å². The minimum atomic E-state index is 0.636. The molecule has 16 heavy (non-hydrogen) atoms. The molecule has 0 saturated carbocycles. The fourth-order valence-corrected chi connectivity index (χ4v) is 2.80. The van der Waals surface area contributed by atoms with Crippen molar-refractivity contribution in [3.63, 3.8) is 0 Å². The maximum absolute atomic E-state index is 3.45. The molecule has 3 unspecified atom stereocenters. The first-order valence-corrected chi connectivity index (χ1v) is 7.11. The van der Waals surface area contributed by atoms with E-state index < -0.39 is 0 Å². The summed E-state index contributed by atoms with van der Waals surface area (Å²) in [5.41, 5.74) is 0. The lowest BCUT2D eigenvalue weighted by atomic mass is 9.75. The summed E-state index contributed by atoms with van der Waals surface area (Å²) >= 11 is 0. The Balaban J connectivity index is 4.37. The van der Waals surface area contributed by atoms with Gasteiger partial charge < -0.3 is 5.32 Å². The van der Waals surface area contributed by atoms with Gasteiger partial charge in [-0.15, -0.1) is 0 Å². The predicted octanol–water partition coefficient (Wildman–Crippen LogP) is 4.33. The Bertz CT molecular complexity index is 155. The van der Waals surface area contributed by atoms with Gasteiger partial charge in [0.1, 0.15) is 0 Å². The van der Waals surface area contributed by atoms with Gasteiger partial charge in [-0.3, -0.25) is 0 Å². The Hall–Kier alpha value is -0.0400. The maximum Gasteiger partial charge on any atom is 0.00690 e. The van der Waals surface area contributed by atoms with E-state index in [0.717, 1.165) is 23.7 Å². The van der Waals surface area contributed by atoms with Crippen molar-refractivity contribution < 1.29 is 0 Å². The molecule has 0 aromatic heterocycles. The quantitative estimate of drug-likeness (QED) is 0.651. The predicted molar refractivity (Wildman–Crippen MR) is 74.7 cm³/mol. The van der Waals surface area contributed by atoms with Gasteiger partial charge in [0.05, 0.1) is 0 Å². The van der Waals surface area contributed by atoms with Crippen molar-refractivity contribution in [2.24, 2.45) is 23.7 Å². The van der Waals surface area contributed by atoms with Crippen LogP contribution in [-0.4, -0.2) is 13.1 Å². The average molecular weight is 227 g/mol. The third kappa shape index (κ3) is 5.34. The standard InChI is InChI=1S/C15H33N/c1-8-12(4)15(14(6)16-7)13(5)10-9-11(2)3/h11-16H,8-10H2,1-7H3/t12?,13?,14?,15-/m0/s1. The molecule has 0 spiro atoms. The lowest BCUT2D eigenvalue weighted by Gasteiger charge is -2.34. The molecular formula is C15H33N. The van der Waals surface area contributed by atoms with E-state index in [1.807, 2.05) is 0 Å². The van der Waals surface area contributed by atoms with E-state index in [0.29, 0.717) is 6.04 Å². The molecule has 98 valence electrons. The first-order chi connectivity index (χ1) is 7.43. The zero-order valence-corrected chi connectivity index (χ0v) is 12.5.